The zero-order valence-corrected chi connectivity index (χ0v) is 32.7. The molecule has 60 heavy (non-hydrogen) atoms. The number of hydrogen-bond donors (Lipinski definition) is 1. The van der Waals surface area contributed by atoms with E-state index in [0.717, 1.165) is 27.8 Å². The van der Waals surface area contributed by atoms with Gasteiger partial charge in [0.15, 0.2) is 17.8 Å². The monoisotopic (exact) mass is 801 g/mol. The number of para-hydroxylation sites is 2. The Balaban J connectivity index is 0.929. The van der Waals surface area contributed by atoms with Crippen LogP contribution < -0.4 is 15.8 Å². The first-order chi connectivity index (χ1) is 29.2. The molecule has 3 aliphatic heterocycles. The van der Waals surface area contributed by atoms with Crippen LogP contribution in [0.15, 0.2) is 137 Å². The lowest BCUT2D eigenvalue weighted by Gasteiger charge is -2.35. The highest BCUT2D eigenvalue weighted by Crippen LogP contribution is 2.56. The Labute approximate surface area is 344 Å². The number of ether oxygens (including phenoxy) is 3. The minimum atomic E-state index is -1.46. The zero-order valence-electron chi connectivity index (χ0n) is 32.7. The van der Waals surface area contributed by atoms with Crippen LogP contribution in [-0.4, -0.2) is 58.8 Å². The molecule has 1 spiro atoms. The van der Waals surface area contributed by atoms with Crippen LogP contribution in [0.5, 0.6) is 0 Å². The quantitative estimate of drug-likeness (QED) is 0.130. The third-order valence-electron chi connectivity index (χ3n) is 11.9. The molecule has 0 radical (unpaired) electrons. The average Bonchev–Trinajstić information content (AvgIpc) is 3.95. The number of anilines is 1. The third-order valence-corrected chi connectivity index (χ3v) is 11.9. The second-order valence-corrected chi connectivity index (χ2v) is 15.4. The summed E-state index contributed by atoms with van der Waals surface area (Å²) in [5, 5.41) is 3.38. The van der Waals surface area contributed by atoms with Crippen LogP contribution in [0.25, 0.3) is 22.0 Å². The Morgan fingerprint density at radius 3 is 2.30 bits per heavy atom. The highest BCUT2D eigenvalue weighted by atomic mass is 16.6. The first-order valence-electron chi connectivity index (χ1n) is 19.9. The number of aromatic nitrogens is 1. The number of benzene rings is 5. The number of hydrogen-bond acceptors (Lipinski definition) is 10. The standard InChI is InChI=1S/C47H39N5O8/c1-27(48-45(55)57-26-35-32-18-8-6-16-30(32)31-17-7-9-19-33(31)35)40-49-37-22-12-10-20-34(37)41(59-40)50-38-24-47(60-43(38)54)36-21-11-13-23-39(36)52-42(53)28(2)51(44(47)52)46(56)58-25-29-14-4-3-5-15-29/h3-23,27-28,35,38,44H,24-26H2,1-2H3,(H,48,55)/t27-,28-,38+,44-,47+/m0/s1. The Morgan fingerprint density at radius 2 is 1.53 bits per heavy atom. The highest BCUT2D eigenvalue weighted by Gasteiger charge is 2.68. The lowest BCUT2D eigenvalue weighted by Crippen LogP contribution is -2.53. The van der Waals surface area contributed by atoms with E-state index in [2.05, 4.69) is 29.6 Å². The molecule has 5 aromatic carbocycles. The van der Waals surface area contributed by atoms with Crippen molar-refractivity contribution in [3.8, 4) is 11.1 Å². The second kappa shape index (κ2) is 14.5. The maximum atomic E-state index is 14.0. The Hall–Kier alpha value is -7.28. The summed E-state index contributed by atoms with van der Waals surface area (Å²) in [6.45, 7) is 3.49. The van der Waals surface area contributed by atoms with Crippen molar-refractivity contribution in [2.75, 3.05) is 11.5 Å². The molecule has 3 amide bonds. The summed E-state index contributed by atoms with van der Waals surface area (Å²) in [7, 11) is 0. The van der Waals surface area contributed by atoms with Gasteiger partial charge in [-0.2, -0.15) is 0 Å². The predicted octanol–water partition coefficient (Wildman–Crippen LogP) is 7.25. The smallest absolute Gasteiger partial charge is 0.412 e. The zero-order chi connectivity index (χ0) is 41.1. The van der Waals surface area contributed by atoms with E-state index >= 15 is 0 Å². The molecule has 13 nitrogen and oxygen atoms in total. The van der Waals surface area contributed by atoms with Gasteiger partial charge in [0.05, 0.1) is 16.6 Å². The fraction of sp³-hybridized carbons (Fsp3) is 0.234. The van der Waals surface area contributed by atoms with Crippen LogP contribution in [0.1, 0.15) is 60.4 Å². The average molecular weight is 802 g/mol. The molecule has 300 valence electrons. The number of nitrogens with one attached hydrogen (secondary N) is 1. The molecule has 0 saturated carbocycles. The van der Waals surface area contributed by atoms with Crippen molar-refractivity contribution in [1.29, 1.82) is 0 Å². The molecule has 4 aliphatic rings. The molecule has 2 saturated heterocycles. The molecule has 6 aromatic rings. The lowest BCUT2D eigenvalue weighted by molar-refractivity contribution is -0.154. The molecule has 1 aromatic heterocycles. The molecular weight excluding hydrogens is 763 g/mol. The van der Waals surface area contributed by atoms with Crippen LogP contribution in [0.3, 0.4) is 0 Å². The molecule has 1 N–H and O–H groups in total. The Morgan fingerprint density at radius 1 is 0.867 bits per heavy atom. The van der Waals surface area contributed by atoms with Gasteiger partial charge in [0.2, 0.25) is 11.4 Å². The normalized spacial score (nSPS) is 22.0. The first kappa shape index (κ1) is 37.0. The number of alkyl carbamates (subject to hydrolysis) is 1. The van der Waals surface area contributed by atoms with E-state index < -0.39 is 48.0 Å². The van der Waals surface area contributed by atoms with E-state index in [0.29, 0.717) is 22.2 Å². The van der Waals surface area contributed by atoms with Crippen LogP contribution in [-0.2, 0) is 36.0 Å². The largest absolute Gasteiger partial charge is 0.449 e. The number of fused-ring (bicyclic) bond motifs is 9. The van der Waals surface area contributed by atoms with Crippen molar-refractivity contribution in [2.24, 2.45) is 4.99 Å². The summed E-state index contributed by atoms with van der Waals surface area (Å²) in [5.74, 6) is -0.950. The van der Waals surface area contributed by atoms with Crippen LogP contribution in [0.2, 0.25) is 0 Å². The third kappa shape index (κ3) is 5.99. The van der Waals surface area contributed by atoms with Gasteiger partial charge in [-0.3, -0.25) is 14.6 Å². The van der Waals surface area contributed by atoms with Gasteiger partial charge in [-0.1, -0.05) is 109 Å². The summed E-state index contributed by atoms with van der Waals surface area (Å²) in [5.41, 5.74) is 5.54. The SMILES string of the molecule is C[C@H](NC(=O)OCC1c2ccccc2-c2ccccc21)c1nc2ccccc2c(=N[C@@H]2C[C@@]3(OC2=O)c2ccccc2N2C(=O)[C@H](C)N(C(=O)OCc4ccccc4)[C@@H]23)o1. The van der Waals surface area contributed by atoms with Gasteiger partial charge in [0.25, 0.3) is 5.91 Å². The number of carbonyl (C=O) groups excluding carboxylic acids is 4. The van der Waals surface area contributed by atoms with Gasteiger partial charge < -0.3 is 23.9 Å². The topological polar surface area (TPSA) is 153 Å². The van der Waals surface area contributed by atoms with Crippen molar-refractivity contribution in [3.63, 3.8) is 0 Å². The van der Waals surface area contributed by atoms with Crippen molar-refractivity contribution in [2.45, 2.75) is 62.7 Å². The minimum Gasteiger partial charge on any atom is -0.449 e. The van der Waals surface area contributed by atoms with Crippen molar-refractivity contribution in [3.05, 3.63) is 161 Å². The van der Waals surface area contributed by atoms with E-state index in [1.54, 1.807) is 56.3 Å². The molecule has 1 aliphatic carbocycles. The van der Waals surface area contributed by atoms with Gasteiger partial charge >= 0.3 is 18.2 Å². The van der Waals surface area contributed by atoms with E-state index in [9.17, 15) is 19.2 Å². The van der Waals surface area contributed by atoms with E-state index in [-0.39, 0.29) is 42.9 Å². The maximum absolute atomic E-state index is 14.0. The predicted molar refractivity (Wildman–Crippen MR) is 218 cm³/mol. The van der Waals surface area contributed by atoms with Crippen LogP contribution >= 0.6 is 0 Å². The molecule has 0 unspecified atom stereocenters. The maximum Gasteiger partial charge on any atom is 0.412 e. The van der Waals surface area contributed by atoms with Gasteiger partial charge in [-0.25, -0.2) is 24.4 Å². The van der Waals surface area contributed by atoms with Crippen LogP contribution in [0, 0.1) is 0 Å². The molecule has 0 bridgehead atoms. The van der Waals surface area contributed by atoms with Gasteiger partial charge in [-0.05, 0) is 59.9 Å². The fourth-order valence-electron chi connectivity index (χ4n) is 9.12. The van der Waals surface area contributed by atoms with Gasteiger partial charge in [0, 0.05) is 17.9 Å². The lowest BCUT2D eigenvalue weighted by atomic mass is 9.88. The van der Waals surface area contributed by atoms with Crippen molar-refractivity contribution in [1.82, 2.24) is 15.2 Å². The molecular formula is C47H39N5O8. The summed E-state index contributed by atoms with van der Waals surface area (Å²) in [4.78, 5) is 67.6. The number of esters is 1. The number of rotatable bonds is 7. The molecule has 2 fully saturated rings. The Kier molecular flexibility index (Phi) is 8.96. The van der Waals surface area contributed by atoms with Crippen molar-refractivity contribution < 1.29 is 37.8 Å². The van der Waals surface area contributed by atoms with Crippen molar-refractivity contribution >= 4 is 40.7 Å². The summed E-state index contributed by atoms with van der Waals surface area (Å²) >= 11 is 0. The number of carbonyl (C=O) groups is 4. The Bertz CT molecular complexity index is 2740. The first-order valence-corrected chi connectivity index (χ1v) is 19.9. The van der Waals surface area contributed by atoms with Crippen LogP contribution in [0.4, 0.5) is 15.3 Å². The molecule has 13 heteroatoms. The van der Waals surface area contributed by atoms with Gasteiger partial charge in [0.1, 0.15) is 25.3 Å². The second-order valence-electron chi connectivity index (χ2n) is 15.4. The van der Waals surface area contributed by atoms with E-state index in [1.165, 1.54) is 9.80 Å². The molecule has 5 atom stereocenters. The highest BCUT2D eigenvalue weighted by molar-refractivity contribution is 6.05. The molecule has 4 heterocycles. The van der Waals surface area contributed by atoms with E-state index in [4.69, 9.17) is 28.6 Å². The summed E-state index contributed by atoms with van der Waals surface area (Å²) < 4.78 is 24.2. The fourth-order valence-corrected chi connectivity index (χ4v) is 9.12. The van der Waals surface area contributed by atoms with E-state index in [1.807, 2.05) is 60.7 Å². The number of nitrogens with zero attached hydrogens (tertiary/aromatic N) is 4. The minimum absolute atomic E-state index is 0.00493. The number of amides is 3. The summed E-state index contributed by atoms with van der Waals surface area (Å²) in [6.07, 6.45) is -2.39. The summed E-state index contributed by atoms with van der Waals surface area (Å²) in [6, 6.07) is 37.1. The molecule has 10 rings (SSSR count). The van der Waals surface area contributed by atoms with Gasteiger partial charge in [-0.15, -0.1) is 0 Å².